The van der Waals surface area contributed by atoms with Crippen LogP contribution in [0.25, 0.3) is 0 Å². The predicted molar refractivity (Wildman–Crippen MR) is 71.6 cm³/mol. The molecule has 0 spiro atoms. The summed E-state index contributed by atoms with van der Waals surface area (Å²) in [6, 6.07) is 2.35. The lowest BCUT2D eigenvalue weighted by atomic mass is 10.1. The summed E-state index contributed by atoms with van der Waals surface area (Å²) >= 11 is 0. The van der Waals surface area contributed by atoms with Crippen LogP contribution in [-0.2, 0) is 16.0 Å². The van der Waals surface area contributed by atoms with E-state index >= 15 is 0 Å². The first-order chi connectivity index (χ1) is 8.62. The Kier molecular flexibility index (Phi) is 6.05. The maximum absolute atomic E-state index is 11.8. The van der Waals surface area contributed by atoms with E-state index in [2.05, 4.69) is 18.9 Å². The SMILES string of the molecule is CCOC(C)C(=O)Cc1ccn(C(CC)CC)n1. The number of Topliss-reactive ketones (excluding diaryl/α,β-unsaturated/α-hetero) is 1. The van der Waals surface area contributed by atoms with Gasteiger partial charge in [-0.05, 0) is 32.8 Å². The van der Waals surface area contributed by atoms with Crippen molar-refractivity contribution in [1.29, 1.82) is 0 Å². The summed E-state index contributed by atoms with van der Waals surface area (Å²) in [5, 5.41) is 4.48. The smallest absolute Gasteiger partial charge is 0.167 e. The van der Waals surface area contributed by atoms with E-state index in [1.807, 2.05) is 23.9 Å². The van der Waals surface area contributed by atoms with Gasteiger partial charge in [-0.15, -0.1) is 0 Å². The second kappa shape index (κ2) is 7.31. The van der Waals surface area contributed by atoms with Gasteiger partial charge in [0.05, 0.1) is 18.2 Å². The van der Waals surface area contributed by atoms with Crippen molar-refractivity contribution < 1.29 is 9.53 Å². The minimum atomic E-state index is -0.340. The van der Waals surface area contributed by atoms with Gasteiger partial charge >= 0.3 is 0 Å². The van der Waals surface area contributed by atoms with Gasteiger partial charge in [-0.2, -0.15) is 5.10 Å². The summed E-state index contributed by atoms with van der Waals surface area (Å²) in [6.45, 7) is 8.56. The van der Waals surface area contributed by atoms with Crippen molar-refractivity contribution in [1.82, 2.24) is 9.78 Å². The molecule has 1 rings (SSSR count). The molecule has 0 amide bonds. The fourth-order valence-corrected chi connectivity index (χ4v) is 2.00. The number of carbonyl (C=O) groups excluding carboxylic acids is 1. The molecule has 0 radical (unpaired) electrons. The molecule has 1 aromatic heterocycles. The van der Waals surface area contributed by atoms with Gasteiger partial charge in [0.1, 0.15) is 6.10 Å². The van der Waals surface area contributed by atoms with E-state index < -0.39 is 0 Å². The van der Waals surface area contributed by atoms with Crippen LogP contribution < -0.4 is 0 Å². The number of hydrogen-bond acceptors (Lipinski definition) is 3. The minimum absolute atomic E-state index is 0.0895. The van der Waals surface area contributed by atoms with E-state index in [9.17, 15) is 4.79 Å². The lowest BCUT2D eigenvalue weighted by molar-refractivity contribution is -0.128. The lowest BCUT2D eigenvalue weighted by Gasteiger charge is -2.12. The van der Waals surface area contributed by atoms with Crippen molar-refractivity contribution >= 4 is 5.78 Å². The van der Waals surface area contributed by atoms with Crippen molar-refractivity contribution in [2.75, 3.05) is 6.61 Å². The highest BCUT2D eigenvalue weighted by atomic mass is 16.5. The zero-order valence-corrected chi connectivity index (χ0v) is 11.8. The van der Waals surface area contributed by atoms with E-state index in [0.29, 0.717) is 19.1 Å². The Morgan fingerprint density at radius 1 is 1.39 bits per heavy atom. The Morgan fingerprint density at radius 3 is 2.61 bits per heavy atom. The molecule has 18 heavy (non-hydrogen) atoms. The van der Waals surface area contributed by atoms with Gasteiger partial charge in [0.15, 0.2) is 5.78 Å². The van der Waals surface area contributed by atoms with Crippen LogP contribution in [0.4, 0.5) is 0 Å². The molecule has 102 valence electrons. The van der Waals surface area contributed by atoms with E-state index in [0.717, 1.165) is 18.5 Å². The topological polar surface area (TPSA) is 44.1 Å². The Morgan fingerprint density at radius 2 is 2.06 bits per heavy atom. The zero-order valence-electron chi connectivity index (χ0n) is 11.8. The predicted octanol–water partition coefficient (Wildman–Crippen LogP) is 2.78. The Bertz CT molecular complexity index is 370. The molecule has 0 fully saturated rings. The highest BCUT2D eigenvalue weighted by Crippen LogP contribution is 2.14. The van der Waals surface area contributed by atoms with Gasteiger partial charge in [0.25, 0.3) is 0 Å². The number of nitrogens with zero attached hydrogens (tertiary/aromatic N) is 2. The zero-order chi connectivity index (χ0) is 13.5. The number of hydrogen-bond donors (Lipinski definition) is 0. The van der Waals surface area contributed by atoms with Crippen molar-refractivity contribution in [3.05, 3.63) is 18.0 Å². The highest BCUT2D eigenvalue weighted by molar-refractivity contribution is 5.84. The van der Waals surface area contributed by atoms with Crippen molar-refractivity contribution in [2.45, 2.75) is 59.1 Å². The van der Waals surface area contributed by atoms with E-state index in [4.69, 9.17) is 4.74 Å². The van der Waals surface area contributed by atoms with Crippen molar-refractivity contribution in [3.8, 4) is 0 Å². The fourth-order valence-electron chi connectivity index (χ4n) is 2.00. The summed E-state index contributed by atoms with van der Waals surface area (Å²) in [5.41, 5.74) is 0.832. The number of carbonyl (C=O) groups is 1. The molecule has 0 aliphatic heterocycles. The third kappa shape index (κ3) is 3.95. The monoisotopic (exact) mass is 252 g/mol. The standard InChI is InChI=1S/C14H24N2O2/c1-5-13(6-2)16-9-8-12(15-16)10-14(17)11(4)18-7-3/h8-9,11,13H,5-7,10H2,1-4H3. The number of rotatable bonds is 8. The first kappa shape index (κ1) is 14.9. The molecule has 0 aliphatic rings. The Labute approximate surface area is 109 Å². The molecule has 0 bridgehead atoms. The molecular formula is C14H24N2O2. The van der Waals surface area contributed by atoms with Gasteiger partial charge in [-0.25, -0.2) is 0 Å². The van der Waals surface area contributed by atoms with Gasteiger partial charge in [0.2, 0.25) is 0 Å². The Hall–Kier alpha value is -1.16. The van der Waals surface area contributed by atoms with E-state index in [1.54, 1.807) is 6.92 Å². The first-order valence-corrected chi connectivity index (χ1v) is 6.80. The molecule has 0 aliphatic carbocycles. The average Bonchev–Trinajstić information content (AvgIpc) is 2.79. The third-order valence-electron chi connectivity index (χ3n) is 3.21. The molecule has 0 saturated heterocycles. The first-order valence-electron chi connectivity index (χ1n) is 6.80. The van der Waals surface area contributed by atoms with Crippen LogP contribution in [0.3, 0.4) is 0 Å². The fraction of sp³-hybridized carbons (Fsp3) is 0.714. The van der Waals surface area contributed by atoms with Crippen molar-refractivity contribution in [3.63, 3.8) is 0 Å². The van der Waals surface area contributed by atoms with E-state index in [1.165, 1.54) is 0 Å². The third-order valence-corrected chi connectivity index (χ3v) is 3.21. The quantitative estimate of drug-likeness (QED) is 0.714. The van der Waals surface area contributed by atoms with E-state index in [-0.39, 0.29) is 11.9 Å². The summed E-state index contributed by atoms with van der Waals surface area (Å²) in [6.07, 6.45) is 4.09. The Balaban J connectivity index is 2.61. The second-order valence-electron chi connectivity index (χ2n) is 4.50. The molecule has 1 heterocycles. The largest absolute Gasteiger partial charge is 0.371 e. The maximum atomic E-state index is 11.8. The number of ether oxygens (including phenoxy) is 1. The molecule has 0 aromatic carbocycles. The average molecular weight is 252 g/mol. The maximum Gasteiger partial charge on any atom is 0.167 e. The summed E-state index contributed by atoms with van der Waals surface area (Å²) < 4.78 is 7.25. The minimum Gasteiger partial charge on any atom is -0.371 e. The number of aromatic nitrogens is 2. The number of ketones is 1. The van der Waals surface area contributed by atoms with Gasteiger partial charge in [-0.1, -0.05) is 13.8 Å². The molecule has 4 heteroatoms. The normalized spacial score (nSPS) is 12.9. The summed E-state index contributed by atoms with van der Waals surface area (Å²) in [5.74, 6) is 0.0895. The van der Waals surface area contributed by atoms with Crippen LogP contribution in [0.1, 0.15) is 52.3 Å². The van der Waals surface area contributed by atoms with Crippen LogP contribution in [-0.4, -0.2) is 28.3 Å². The van der Waals surface area contributed by atoms with Crippen LogP contribution >= 0.6 is 0 Å². The summed E-state index contributed by atoms with van der Waals surface area (Å²) in [7, 11) is 0. The van der Waals surface area contributed by atoms with Crippen LogP contribution in [0.15, 0.2) is 12.3 Å². The van der Waals surface area contributed by atoms with Gasteiger partial charge in [-0.3, -0.25) is 9.48 Å². The molecular weight excluding hydrogens is 228 g/mol. The van der Waals surface area contributed by atoms with Crippen LogP contribution in [0.5, 0.6) is 0 Å². The van der Waals surface area contributed by atoms with Gasteiger partial charge < -0.3 is 4.74 Å². The highest BCUT2D eigenvalue weighted by Gasteiger charge is 2.15. The molecule has 1 aromatic rings. The molecule has 1 atom stereocenters. The molecule has 1 unspecified atom stereocenters. The molecule has 0 saturated carbocycles. The van der Waals surface area contributed by atoms with Crippen LogP contribution in [0, 0.1) is 0 Å². The molecule has 4 nitrogen and oxygen atoms in total. The lowest BCUT2D eigenvalue weighted by Crippen LogP contribution is -2.22. The van der Waals surface area contributed by atoms with Gasteiger partial charge in [0, 0.05) is 12.8 Å². The summed E-state index contributed by atoms with van der Waals surface area (Å²) in [4.78, 5) is 11.8. The molecule has 0 N–H and O–H groups in total. The van der Waals surface area contributed by atoms with Crippen LogP contribution in [0.2, 0.25) is 0 Å². The van der Waals surface area contributed by atoms with Crippen molar-refractivity contribution in [2.24, 2.45) is 0 Å². The second-order valence-corrected chi connectivity index (χ2v) is 4.50.